The van der Waals surface area contributed by atoms with Crippen LogP contribution in [0.5, 0.6) is 0 Å². The van der Waals surface area contributed by atoms with E-state index in [2.05, 4.69) is 41.3 Å². The number of nitrogens with two attached hydrogens (primary N) is 1. The molecular formula is C15H21N5. The maximum Gasteiger partial charge on any atom is 0.193 e. The van der Waals surface area contributed by atoms with E-state index in [-0.39, 0.29) is 0 Å². The van der Waals surface area contributed by atoms with Crippen molar-refractivity contribution in [3.63, 3.8) is 0 Å². The van der Waals surface area contributed by atoms with E-state index >= 15 is 0 Å². The van der Waals surface area contributed by atoms with Gasteiger partial charge < -0.3 is 15.6 Å². The van der Waals surface area contributed by atoms with E-state index in [0.717, 1.165) is 11.5 Å². The number of rotatable bonds is 4. The maximum absolute atomic E-state index is 5.90. The molecule has 2 aromatic rings. The highest BCUT2D eigenvalue weighted by Crippen LogP contribution is 2.18. The van der Waals surface area contributed by atoms with Gasteiger partial charge in [-0.3, -0.25) is 0 Å². The molecule has 0 bridgehead atoms. The van der Waals surface area contributed by atoms with Gasteiger partial charge in [-0.15, -0.1) is 0 Å². The average molecular weight is 271 g/mol. The van der Waals surface area contributed by atoms with E-state index in [9.17, 15) is 0 Å². The van der Waals surface area contributed by atoms with Gasteiger partial charge in [0.25, 0.3) is 0 Å². The molecule has 0 saturated heterocycles. The topological polar surface area (TPSA) is 68.2 Å². The minimum atomic E-state index is 0.397. The largest absolute Gasteiger partial charge is 0.370 e. The van der Waals surface area contributed by atoms with Gasteiger partial charge in [0.15, 0.2) is 5.96 Å². The standard InChI is InChI=1S/C15H21N5/c1-11(2)12-5-4-6-13(9-12)19-15(16)18-10-14-17-7-8-20(14)3/h4-9,11H,10H2,1-3H3,(H3,16,18,19). The van der Waals surface area contributed by atoms with Crippen molar-refractivity contribution >= 4 is 11.6 Å². The molecule has 1 aromatic carbocycles. The zero-order chi connectivity index (χ0) is 14.5. The second-order valence-electron chi connectivity index (χ2n) is 5.06. The Morgan fingerprint density at radius 1 is 1.45 bits per heavy atom. The molecule has 0 aliphatic carbocycles. The summed E-state index contributed by atoms with van der Waals surface area (Å²) in [6.45, 7) is 4.79. The number of guanidine groups is 1. The fourth-order valence-electron chi connectivity index (χ4n) is 1.87. The monoisotopic (exact) mass is 271 g/mol. The highest BCUT2D eigenvalue weighted by atomic mass is 15.1. The van der Waals surface area contributed by atoms with Crippen molar-refractivity contribution < 1.29 is 0 Å². The van der Waals surface area contributed by atoms with Gasteiger partial charge in [0.2, 0.25) is 0 Å². The quantitative estimate of drug-likeness (QED) is 0.663. The van der Waals surface area contributed by atoms with Crippen LogP contribution in [0.15, 0.2) is 41.7 Å². The fraction of sp³-hybridized carbons (Fsp3) is 0.333. The summed E-state index contributed by atoms with van der Waals surface area (Å²) >= 11 is 0. The number of aromatic nitrogens is 2. The van der Waals surface area contributed by atoms with Crippen LogP contribution in [-0.2, 0) is 13.6 Å². The van der Waals surface area contributed by atoms with Crippen LogP contribution in [0.1, 0.15) is 31.2 Å². The third-order valence-electron chi connectivity index (χ3n) is 3.14. The molecule has 1 heterocycles. The molecule has 106 valence electrons. The van der Waals surface area contributed by atoms with Gasteiger partial charge in [-0.05, 0) is 23.6 Å². The smallest absolute Gasteiger partial charge is 0.193 e. The lowest BCUT2D eigenvalue weighted by Crippen LogP contribution is -2.22. The van der Waals surface area contributed by atoms with Gasteiger partial charge in [0.05, 0.1) is 0 Å². The van der Waals surface area contributed by atoms with E-state index in [4.69, 9.17) is 5.73 Å². The predicted molar refractivity (Wildman–Crippen MR) is 82.7 cm³/mol. The molecule has 3 N–H and O–H groups in total. The second kappa shape index (κ2) is 6.23. The van der Waals surface area contributed by atoms with E-state index in [1.54, 1.807) is 6.20 Å². The minimum Gasteiger partial charge on any atom is -0.370 e. The Labute approximate surface area is 119 Å². The lowest BCUT2D eigenvalue weighted by Gasteiger charge is -2.10. The molecule has 0 radical (unpaired) electrons. The van der Waals surface area contributed by atoms with Crippen molar-refractivity contribution in [2.45, 2.75) is 26.3 Å². The van der Waals surface area contributed by atoms with Gasteiger partial charge in [-0.2, -0.15) is 0 Å². The molecule has 1 aromatic heterocycles. The highest BCUT2D eigenvalue weighted by Gasteiger charge is 2.02. The van der Waals surface area contributed by atoms with Gasteiger partial charge in [-0.1, -0.05) is 26.0 Å². The first-order chi connectivity index (χ1) is 9.56. The molecule has 0 amide bonds. The number of nitrogens with zero attached hydrogens (tertiary/aromatic N) is 3. The Bertz CT molecular complexity index is 598. The van der Waals surface area contributed by atoms with Crippen molar-refractivity contribution in [2.75, 3.05) is 5.32 Å². The lowest BCUT2D eigenvalue weighted by molar-refractivity contribution is 0.793. The van der Waals surface area contributed by atoms with E-state index < -0.39 is 0 Å². The summed E-state index contributed by atoms with van der Waals surface area (Å²) in [4.78, 5) is 8.50. The van der Waals surface area contributed by atoms with E-state index in [1.807, 2.05) is 29.9 Å². The van der Waals surface area contributed by atoms with Crippen LogP contribution in [-0.4, -0.2) is 15.5 Å². The number of nitrogens with one attached hydrogen (secondary N) is 1. The molecule has 0 atom stereocenters. The minimum absolute atomic E-state index is 0.397. The summed E-state index contributed by atoms with van der Waals surface area (Å²) in [7, 11) is 1.94. The molecule has 0 spiro atoms. The number of aryl methyl sites for hydroxylation is 1. The van der Waals surface area contributed by atoms with Crippen molar-refractivity contribution in [1.29, 1.82) is 0 Å². The van der Waals surface area contributed by atoms with E-state index in [0.29, 0.717) is 18.4 Å². The summed E-state index contributed by atoms with van der Waals surface area (Å²) in [5, 5.41) is 3.11. The third kappa shape index (κ3) is 3.60. The normalized spacial score (nSPS) is 11.9. The lowest BCUT2D eigenvalue weighted by atomic mass is 10.0. The molecule has 0 aliphatic heterocycles. The van der Waals surface area contributed by atoms with Crippen LogP contribution in [0.3, 0.4) is 0 Å². The number of anilines is 1. The van der Waals surface area contributed by atoms with Crippen LogP contribution in [0.25, 0.3) is 0 Å². The molecule has 0 saturated carbocycles. The van der Waals surface area contributed by atoms with Gasteiger partial charge in [0, 0.05) is 25.1 Å². The Morgan fingerprint density at radius 2 is 2.25 bits per heavy atom. The summed E-state index contributed by atoms with van der Waals surface area (Å²) < 4.78 is 1.93. The maximum atomic E-state index is 5.90. The third-order valence-corrected chi connectivity index (χ3v) is 3.14. The number of benzene rings is 1. The van der Waals surface area contributed by atoms with Crippen LogP contribution >= 0.6 is 0 Å². The zero-order valence-corrected chi connectivity index (χ0v) is 12.2. The van der Waals surface area contributed by atoms with Crippen LogP contribution in [0.2, 0.25) is 0 Å². The Morgan fingerprint density at radius 3 is 2.90 bits per heavy atom. The van der Waals surface area contributed by atoms with Crippen LogP contribution < -0.4 is 11.1 Å². The summed E-state index contributed by atoms with van der Waals surface area (Å²) in [5.41, 5.74) is 8.13. The Kier molecular flexibility index (Phi) is 4.40. The number of hydrogen-bond donors (Lipinski definition) is 2. The van der Waals surface area contributed by atoms with Gasteiger partial charge in [0.1, 0.15) is 12.4 Å². The number of aliphatic imine (C=N–C) groups is 1. The van der Waals surface area contributed by atoms with Crippen LogP contribution in [0, 0.1) is 0 Å². The van der Waals surface area contributed by atoms with Crippen molar-refractivity contribution in [2.24, 2.45) is 17.8 Å². The van der Waals surface area contributed by atoms with Crippen molar-refractivity contribution in [3.8, 4) is 0 Å². The predicted octanol–water partition coefficient (Wildman–Crippen LogP) is 2.47. The first-order valence-corrected chi connectivity index (χ1v) is 6.69. The first kappa shape index (κ1) is 14.1. The number of hydrogen-bond acceptors (Lipinski definition) is 2. The highest BCUT2D eigenvalue weighted by molar-refractivity contribution is 5.92. The Balaban J connectivity index is 2.02. The fourth-order valence-corrected chi connectivity index (χ4v) is 1.87. The number of imidazole rings is 1. The SMILES string of the molecule is CC(C)c1cccc(NC(N)=NCc2nccn2C)c1. The van der Waals surface area contributed by atoms with Crippen molar-refractivity contribution in [1.82, 2.24) is 9.55 Å². The first-order valence-electron chi connectivity index (χ1n) is 6.69. The van der Waals surface area contributed by atoms with Gasteiger partial charge in [-0.25, -0.2) is 9.98 Å². The molecular weight excluding hydrogens is 250 g/mol. The van der Waals surface area contributed by atoms with Crippen molar-refractivity contribution in [3.05, 3.63) is 48.0 Å². The molecule has 5 nitrogen and oxygen atoms in total. The molecule has 0 aliphatic rings. The summed E-state index contributed by atoms with van der Waals surface area (Å²) in [5.74, 6) is 1.77. The molecule has 20 heavy (non-hydrogen) atoms. The van der Waals surface area contributed by atoms with Gasteiger partial charge >= 0.3 is 0 Å². The second-order valence-corrected chi connectivity index (χ2v) is 5.06. The summed E-state index contributed by atoms with van der Waals surface area (Å²) in [6, 6.07) is 8.20. The zero-order valence-electron chi connectivity index (χ0n) is 12.2. The average Bonchev–Trinajstić information content (AvgIpc) is 2.82. The molecule has 2 rings (SSSR count). The van der Waals surface area contributed by atoms with E-state index in [1.165, 1.54) is 5.56 Å². The van der Waals surface area contributed by atoms with Crippen LogP contribution in [0.4, 0.5) is 5.69 Å². The molecule has 0 unspecified atom stereocenters. The Hall–Kier alpha value is -2.30. The molecule has 5 heteroatoms. The molecule has 0 fully saturated rings. The summed E-state index contributed by atoms with van der Waals surface area (Å²) in [6.07, 6.45) is 3.64.